The van der Waals surface area contributed by atoms with Gasteiger partial charge in [0, 0.05) is 48.8 Å². The molecule has 2 aromatic rings. The Balaban J connectivity index is 1.40. The topological polar surface area (TPSA) is 57.7 Å². The number of carbonyl (C=O) groups is 3. The second-order valence-electron chi connectivity index (χ2n) is 7.50. The molecule has 2 fully saturated rings. The van der Waals surface area contributed by atoms with Crippen molar-refractivity contribution < 1.29 is 14.4 Å². The molecule has 0 spiro atoms. The normalized spacial score (nSPS) is 17.8. The van der Waals surface area contributed by atoms with Crippen LogP contribution in [0.2, 0.25) is 0 Å². The summed E-state index contributed by atoms with van der Waals surface area (Å²) in [6.07, 6.45) is 2.80. The number of nitrogens with zero attached hydrogens (tertiary/aromatic N) is 2. The maximum absolute atomic E-state index is 12.9. The Bertz CT molecular complexity index is 886. The van der Waals surface area contributed by atoms with E-state index in [0.717, 1.165) is 17.7 Å². The van der Waals surface area contributed by atoms with Gasteiger partial charge >= 0.3 is 0 Å². The number of Topliss-reactive ketones (excluding diaryl/α,β-unsaturated/α-hetero) is 1. The molecule has 144 valence electrons. The van der Waals surface area contributed by atoms with Gasteiger partial charge in [0.15, 0.2) is 5.78 Å². The first-order valence-corrected chi connectivity index (χ1v) is 9.92. The van der Waals surface area contributed by atoms with E-state index in [2.05, 4.69) is 0 Å². The van der Waals surface area contributed by atoms with E-state index < -0.39 is 0 Å². The molecular weight excluding hydrogens is 352 g/mol. The second kappa shape index (κ2) is 7.97. The van der Waals surface area contributed by atoms with E-state index in [1.807, 2.05) is 53.4 Å². The van der Waals surface area contributed by atoms with E-state index in [-0.39, 0.29) is 23.5 Å². The van der Waals surface area contributed by atoms with Crippen LogP contribution in [0.25, 0.3) is 0 Å². The molecule has 5 nitrogen and oxygen atoms in total. The van der Waals surface area contributed by atoms with Crippen molar-refractivity contribution in [3.05, 3.63) is 65.7 Å². The molecule has 2 aromatic carbocycles. The summed E-state index contributed by atoms with van der Waals surface area (Å²) in [5, 5.41) is 0. The van der Waals surface area contributed by atoms with Crippen LogP contribution in [0.4, 0.5) is 5.69 Å². The van der Waals surface area contributed by atoms with Gasteiger partial charge in [-0.15, -0.1) is 0 Å². The summed E-state index contributed by atoms with van der Waals surface area (Å²) >= 11 is 0. The molecule has 2 saturated heterocycles. The molecule has 0 aliphatic carbocycles. The fourth-order valence-corrected chi connectivity index (χ4v) is 4.09. The Morgan fingerprint density at radius 2 is 1.57 bits per heavy atom. The lowest BCUT2D eigenvalue weighted by molar-refractivity contribution is -0.117. The second-order valence-corrected chi connectivity index (χ2v) is 7.50. The number of carbonyl (C=O) groups excluding carboxylic acids is 3. The van der Waals surface area contributed by atoms with Crippen LogP contribution in [0.1, 0.15) is 46.4 Å². The van der Waals surface area contributed by atoms with Crippen molar-refractivity contribution in [3.8, 4) is 0 Å². The quantitative estimate of drug-likeness (QED) is 0.767. The molecule has 0 N–H and O–H groups in total. The maximum Gasteiger partial charge on any atom is 0.253 e. The average Bonchev–Trinajstić information content (AvgIpc) is 3.19. The number of likely N-dealkylation sites (tertiary alicyclic amines) is 1. The van der Waals surface area contributed by atoms with Crippen LogP contribution in [0.5, 0.6) is 0 Å². The molecule has 2 aliphatic rings. The van der Waals surface area contributed by atoms with E-state index in [4.69, 9.17) is 0 Å². The van der Waals surface area contributed by atoms with Crippen LogP contribution in [0, 0.1) is 5.92 Å². The number of hydrogen-bond acceptors (Lipinski definition) is 3. The highest BCUT2D eigenvalue weighted by atomic mass is 16.2. The maximum atomic E-state index is 12.9. The third-order valence-electron chi connectivity index (χ3n) is 5.69. The van der Waals surface area contributed by atoms with Crippen LogP contribution in [-0.4, -0.2) is 42.1 Å². The molecule has 0 atom stereocenters. The van der Waals surface area contributed by atoms with Crippen LogP contribution < -0.4 is 4.90 Å². The summed E-state index contributed by atoms with van der Waals surface area (Å²) in [5.41, 5.74) is 2.14. The number of anilines is 1. The number of amides is 2. The van der Waals surface area contributed by atoms with E-state index in [0.29, 0.717) is 44.5 Å². The van der Waals surface area contributed by atoms with Gasteiger partial charge < -0.3 is 9.80 Å². The lowest BCUT2D eigenvalue weighted by Crippen LogP contribution is -2.40. The first kappa shape index (κ1) is 18.4. The van der Waals surface area contributed by atoms with Gasteiger partial charge in [0.05, 0.1) is 0 Å². The van der Waals surface area contributed by atoms with Gasteiger partial charge in [-0.05, 0) is 37.5 Å². The minimum atomic E-state index is -0.0286. The largest absolute Gasteiger partial charge is 0.339 e. The number of benzene rings is 2. The average molecular weight is 376 g/mol. The third-order valence-corrected chi connectivity index (χ3v) is 5.69. The lowest BCUT2D eigenvalue weighted by Gasteiger charge is -2.31. The van der Waals surface area contributed by atoms with Gasteiger partial charge in [0.2, 0.25) is 5.91 Å². The molecule has 2 heterocycles. The van der Waals surface area contributed by atoms with Gasteiger partial charge in [0.25, 0.3) is 5.91 Å². The summed E-state index contributed by atoms with van der Waals surface area (Å²) in [7, 11) is 0. The molecule has 2 amide bonds. The van der Waals surface area contributed by atoms with Crippen LogP contribution in [0.3, 0.4) is 0 Å². The molecular formula is C23H24N2O3. The predicted molar refractivity (Wildman–Crippen MR) is 107 cm³/mol. The summed E-state index contributed by atoms with van der Waals surface area (Å²) in [4.78, 5) is 41.1. The predicted octanol–water partition coefficient (Wildman–Crippen LogP) is 3.55. The number of piperidine rings is 1. The molecule has 0 aromatic heterocycles. The van der Waals surface area contributed by atoms with Gasteiger partial charge in [0.1, 0.15) is 0 Å². The Hall–Kier alpha value is -2.95. The number of hydrogen-bond donors (Lipinski definition) is 0. The van der Waals surface area contributed by atoms with Gasteiger partial charge in [-0.25, -0.2) is 0 Å². The first-order chi connectivity index (χ1) is 13.6. The standard InChI is InChI=1S/C23H24N2O3/c26-21-10-5-13-25(21)20-9-4-8-19(16-20)23(28)24-14-11-18(12-15-24)22(27)17-6-2-1-3-7-17/h1-4,6-9,16,18H,5,10-15H2. The highest BCUT2D eigenvalue weighted by molar-refractivity contribution is 6.00. The molecule has 2 aliphatic heterocycles. The van der Waals surface area contributed by atoms with Crippen molar-refractivity contribution in [2.75, 3.05) is 24.5 Å². The zero-order chi connectivity index (χ0) is 19.5. The molecule has 5 heteroatoms. The van der Waals surface area contributed by atoms with Crippen molar-refractivity contribution in [2.24, 2.45) is 5.92 Å². The van der Waals surface area contributed by atoms with Crippen molar-refractivity contribution in [3.63, 3.8) is 0 Å². The fraction of sp³-hybridized carbons (Fsp3) is 0.348. The Labute approximate surface area is 164 Å². The summed E-state index contributed by atoms with van der Waals surface area (Å²) < 4.78 is 0. The third kappa shape index (κ3) is 3.70. The van der Waals surface area contributed by atoms with E-state index in [1.165, 1.54) is 0 Å². The van der Waals surface area contributed by atoms with Gasteiger partial charge in [-0.3, -0.25) is 14.4 Å². The van der Waals surface area contributed by atoms with Crippen LogP contribution >= 0.6 is 0 Å². The number of rotatable bonds is 4. The molecule has 4 rings (SSSR count). The smallest absolute Gasteiger partial charge is 0.253 e. The first-order valence-electron chi connectivity index (χ1n) is 9.92. The minimum absolute atomic E-state index is 0.0278. The lowest BCUT2D eigenvalue weighted by atomic mass is 9.88. The van der Waals surface area contributed by atoms with E-state index in [9.17, 15) is 14.4 Å². The monoisotopic (exact) mass is 376 g/mol. The SMILES string of the molecule is O=C(c1ccccc1)C1CCN(C(=O)c2cccc(N3CCCC3=O)c2)CC1. The highest BCUT2D eigenvalue weighted by Gasteiger charge is 2.29. The number of ketones is 1. The van der Waals surface area contributed by atoms with Gasteiger partial charge in [-0.2, -0.15) is 0 Å². The fourth-order valence-electron chi connectivity index (χ4n) is 4.09. The van der Waals surface area contributed by atoms with Crippen molar-refractivity contribution in [1.82, 2.24) is 4.90 Å². The molecule has 0 saturated carbocycles. The van der Waals surface area contributed by atoms with Crippen molar-refractivity contribution in [2.45, 2.75) is 25.7 Å². The van der Waals surface area contributed by atoms with Crippen molar-refractivity contribution >= 4 is 23.3 Å². The summed E-state index contributed by atoms with van der Waals surface area (Å²) in [5.74, 6) is 0.228. The van der Waals surface area contributed by atoms with E-state index in [1.54, 1.807) is 11.0 Å². The van der Waals surface area contributed by atoms with Crippen LogP contribution in [-0.2, 0) is 4.79 Å². The zero-order valence-electron chi connectivity index (χ0n) is 15.8. The Morgan fingerprint density at radius 1 is 0.857 bits per heavy atom. The van der Waals surface area contributed by atoms with E-state index >= 15 is 0 Å². The molecule has 28 heavy (non-hydrogen) atoms. The van der Waals surface area contributed by atoms with Crippen molar-refractivity contribution in [1.29, 1.82) is 0 Å². The summed E-state index contributed by atoms with van der Waals surface area (Å²) in [6, 6.07) is 16.7. The molecule has 0 bridgehead atoms. The zero-order valence-corrected chi connectivity index (χ0v) is 15.8. The van der Waals surface area contributed by atoms with Crippen LogP contribution in [0.15, 0.2) is 54.6 Å². The minimum Gasteiger partial charge on any atom is -0.339 e. The van der Waals surface area contributed by atoms with Gasteiger partial charge in [-0.1, -0.05) is 36.4 Å². The molecule has 0 radical (unpaired) electrons. The summed E-state index contributed by atoms with van der Waals surface area (Å²) in [6.45, 7) is 1.87. The molecule has 0 unspecified atom stereocenters. The Kier molecular flexibility index (Phi) is 5.24. The highest BCUT2D eigenvalue weighted by Crippen LogP contribution is 2.25. The Morgan fingerprint density at radius 3 is 2.25 bits per heavy atom.